The summed E-state index contributed by atoms with van der Waals surface area (Å²) < 4.78 is 5.35. The molecule has 1 heterocycles. The van der Waals surface area contributed by atoms with Gasteiger partial charge in [0.15, 0.2) is 17.3 Å². The lowest BCUT2D eigenvalue weighted by Crippen LogP contribution is -2.02. The average molecular weight is 316 g/mol. The van der Waals surface area contributed by atoms with E-state index in [1.54, 1.807) is 0 Å². The van der Waals surface area contributed by atoms with E-state index in [0.717, 1.165) is 24.3 Å². The van der Waals surface area contributed by atoms with Gasteiger partial charge in [-0.2, -0.15) is 0 Å². The minimum atomic E-state index is -0.888. The normalized spacial score (nSPS) is 10.4. The van der Waals surface area contributed by atoms with Crippen molar-refractivity contribution in [1.29, 1.82) is 0 Å². The second-order valence-electron chi connectivity index (χ2n) is 4.65. The Kier molecular flexibility index (Phi) is 3.84. The molecule has 5 N–H and O–H groups in total. The van der Waals surface area contributed by atoms with Gasteiger partial charge in [-0.05, 0) is 18.2 Å². The van der Waals surface area contributed by atoms with Gasteiger partial charge >= 0.3 is 0 Å². The first-order valence-electron chi connectivity index (χ1n) is 6.12. The molecule has 0 saturated heterocycles. The molecule has 23 heavy (non-hydrogen) atoms. The fourth-order valence-corrected chi connectivity index (χ4v) is 2.14. The summed E-state index contributed by atoms with van der Waals surface area (Å²) in [5, 5.41) is 47.6. The number of hydrogen-bond acceptors (Lipinski definition) is 7. The van der Waals surface area contributed by atoms with Crippen LogP contribution >= 0.6 is 0 Å². The third kappa shape index (κ3) is 2.50. The number of rotatable bonds is 1. The van der Waals surface area contributed by atoms with Crippen molar-refractivity contribution >= 4 is 19.4 Å². The molecular weight excluding hydrogens is 303 g/mol. The van der Waals surface area contributed by atoms with Crippen molar-refractivity contribution in [1.82, 2.24) is 0 Å². The molecule has 0 amide bonds. The fourth-order valence-electron chi connectivity index (χ4n) is 2.14. The molecule has 7 nitrogen and oxygen atoms in total. The highest BCUT2D eigenvalue weighted by Gasteiger charge is 2.19. The van der Waals surface area contributed by atoms with Crippen LogP contribution in [-0.4, -0.2) is 33.9 Å². The molecular formula is C15H13BO7. The maximum absolute atomic E-state index is 12.1. The van der Waals surface area contributed by atoms with E-state index < -0.39 is 22.7 Å². The van der Waals surface area contributed by atoms with Crippen molar-refractivity contribution in [3.63, 3.8) is 0 Å². The highest BCUT2D eigenvalue weighted by molar-refractivity contribution is 5.88. The van der Waals surface area contributed by atoms with E-state index in [-0.39, 0.29) is 42.2 Å². The third-order valence-electron chi connectivity index (χ3n) is 3.17. The Bertz CT molecular complexity index is 962. The zero-order chi connectivity index (χ0) is 16.0. The molecule has 3 aromatic rings. The molecule has 2 aromatic carbocycles. The summed E-state index contributed by atoms with van der Waals surface area (Å²) in [6, 6.07) is 5.64. The second-order valence-corrected chi connectivity index (χ2v) is 4.65. The molecule has 0 fully saturated rings. The van der Waals surface area contributed by atoms with Crippen LogP contribution in [0.3, 0.4) is 0 Å². The van der Waals surface area contributed by atoms with Gasteiger partial charge in [-0.3, -0.25) is 4.79 Å². The summed E-state index contributed by atoms with van der Waals surface area (Å²) in [5.41, 5.74) is -0.890. The van der Waals surface area contributed by atoms with Crippen molar-refractivity contribution in [2.24, 2.45) is 0 Å². The van der Waals surface area contributed by atoms with E-state index in [2.05, 4.69) is 0 Å². The van der Waals surface area contributed by atoms with Gasteiger partial charge in [-0.25, -0.2) is 0 Å². The van der Waals surface area contributed by atoms with E-state index in [1.165, 1.54) is 6.07 Å². The molecule has 0 unspecified atom stereocenters. The first-order valence-corrected chi connectivity index (χ1v) is 6.12. The minimum absolute atomic E-state index is 0. The van der Waals surface area contributed by atoms with Gasteiger partial charge in [0.2, 0.25) is 11.2 Å². The van der Waals surface area contributed by atoms with Gasteiger partial charge < -0.3 is 29.9 Å². The van der Waals surface area contributed by atoms with Gasteiger partial charge in [0.25, 0.3) is 0 Å². The molecule has 0 aliphatic rings. The van der Waals surface area contributed by atoms with Crippen LogP contribution in [0.25, 0.3) is 22.3 Å². The smallest absolute Gasteiger partial charge is 0.238 e. The first kappa shape index (κ1) is 16.1. The van der Waals surface area contributed by atoms with Gasteiger partial charge in [-0.1, -0.05) is 0 Å². The lowest BCUT2D eigenvalue weighted by molar-refractivity contribution is 0.403. The monoisotopic (exact) mass is 316 g/mol. The molecule has 118 valence electrons. The average Bonchev–Trinajstić information content (AvgIpc) is 2.45. The fraction of sp³-hybridized carbons (Fsp3) is 0. The number of phenols is 4. The predicted molar refractivity (Wildman–Crippen MR) is 86.2 cm³/mol. The molecule has 0 aliphatic carbocycles. The van der Waals surface area contributed by atoms with Crippen molar-refractivity contribution in [2.75, 3.05) is 0 Å². The van der Waals surface area contributed by atoms with Crippen molar-refractivity contribution < 1.29 is 29.9 Å². The van der Waals surface area contributed by atoms with Gasteiger partial charge in [-0.15, -0.1) is 0 Å². The van der Waals surface area contributed by atoms with Crippen molar-refractivity contribution in [3.05, 3.63) is 40.6 Å². The molecule has 0 radical (unpaired) electrons. The summed E-state index contributed by atoms with van der Waals surface area (Å²) in [6.07, 6.45) is 0. The summed E-state index contributed by atoms with van der Waals surface area (Å²) >= 11 is 0. The van der Waals surface area contributed by atoms with Crippen LogP contribution < -0.4 is 5.43 Å². The van der Waals surface area contributed by atoms with Crippen LogP contribution in [0, 0.1) is 0 Å². The third-order valence-corrected chi connectivity index (χ3v) is 3.17. The quantitative estimate of drug-likeness (QED) is 0.331. The Morgan fingerprint density at radius 1 is 0.826 bits per heavy atom. The van der Waals surface area contributed by atoms with Crippen LogP contribution in [0.15, 0.2) is 39.5 Å². The standard InChI is InChI=1S/C15H10O7.BH3/c16-7-4-10(19)12-11(5-7)22-15(14(21)13(12)20)6-1-2-8(17)9(18)3-6;/h1-5,16-19,21H;1H3. The van der Waals surface area contributed by atoms with Crippen LogP contribution in [0.5, 0.6) is 28.7 Å². The molecule has 0 spiro atoms. The van der Waals surface area contributed by atoms with Crippen molar-refractivity contribution in [2.45, 2.75) is 0 Å². The van der Waals surface area contributed by atoms with E-state index in [0.29, 0.717) is 0 Å². The zero-order valence-electron chi connectivity index (χ0n) is 10.9. The Morgan fingerprint density at radius 2 is 1.52 bits per heavy atom. The van der Waals surface area contributed by atoms with Crippen LogP contribution in [0.2, 0.25) is 0 Å². The molecule has 0 bridgehead atoms. The summed E-state index contributed by atoms with van der Waals surface area (Å²) in [4.78, 5) is 12.1. The van der Waals surface area contributed by atoms with Gasteiger partial charge in [0.1, 0.15) is 22.5 Å². The van der Waals surface area contributed by atoms with Crippen molar-refractivity contribution in [3.8, 4) is 40.1 Å². The predicted octanol–water partition coefficient (Wildman–Crippen LogP) is 0.804. The summed E-state index contributed by atoms with van der Waals surface area (Å²) in [6.45, 7) is 0. The van der Waals surface area contributed by atoms with E-state index in [4.69, 9.17) is 4.42 Å². The summed E-state index contributed by atoms with van der Waals surface area (Å²) in [5.74, 6) is -2.71. The Morgan fingerprint density at radius 3 is 2.17 bits per heavy atom. The van der Waals surface area contributed by atoms with Gasteiger partial charge in [0, 0.05) is 17.7 Å². The number of hydrogen-bond donors (Lipinski definition) is 5. The van der Waals surface area contributed by atoms with Crippen LogP contribution in [0.4, 0.5) is 0 Å². The highest BCUT2D eigenvalue weighted by atomic mass is 16.4. The largest absolute Gasteiger partial charge is 0.508 e. The van der Waals surface area contributed by atoms with Crippen LogP contribution in [0.1, 0.15) is 0 Å². The van der Waals surface area contributed by atoms with E-state index >= 15 is 0 Å². The lowest BCUT2D eigenvalue weighted by Gasteiger charge is -2.08. The molecule has 3 rings (SSSR count). The first-order chi connectivity index (χ1) is 10.4. The Labute approximate surface area is 130 Å². The topological polar surface area (TPSA) is 131 Å². The molecule has 1 aromatic heterocycles. The number of aromatic hydroxyl groups is 5. The maximum atomic E-state index is 12.1. The number of benzene rings is 2. The van der Waals surface area contributed by atoms with Gasteiger partial charge in [0.05, 0.1) is 8.41 Å². The molecule has 0 saturated carbocycles. The second kappa shape index (κ2) is 5.49. The number of phenolic OH excluding ortho intramolecular Hbond substituents is 4. The van der Waals surface area contributed by atoms with E-state index in [9.17, 15) is 30.3 Å². The maximum Gasteiger partial charge on any atom is 0.238 e. The molecule has 8 heteroatoms. The Balaban J connectivity index is 0.00000192. The van der Waals surface area contributed by atoms with E-state index in [1.807, 2.05) is 0 Å². The summed E-state index contributed by atoms with van der Waals surface area (Å²) in [7, 11) is 0. The minimum Gasteiger partial charge on any atom is -0.508 e. The van der Waals surface area contributed by atoms with Crippen LogP contribution in [-0.2, 0) is 0 Å². The lowest BCUT2D eigenvalue weighted by atomic mass is 10.1. The number of fused-ring (bicyclic) bond motifs is 1. The molecule has 0 aliphatic heterocycles. The molecule has 0 atom stereocenters. The Hall–Kier alpha value is -3.29. The highest BCUT2D eigenvalue weighted by Crippen LogP contribution is 2.37. The SMILES string of the molecule is B.O=c1c(O)c(-c2ccc(O)c(O)c2)oc2cc(O)cc(O)c12. The zero-order valence-corrected chi connectivity index (χ0v) is 10.9.